The first-order valence-electron chi connectivity index (χ1n) is 6.73. The van der Waals surface area contributed by atoms with Gasteiger partial charge in [0.05, 0.1) is 19.6 Å². The second-order valence-corrected chi connectivity index (χ2v) is 4.86. The van der Waals surface area contributed by atoms with Gasteiger partial charge in [-0.25, -0.2) is 0 Å². The molecule has 1 aliphatic rings. The quantitative estimate of drug-likeness (QED) is 0.746. The lowest BCUT2D eigenvalue weighted by Gasteiger charge is -2.36. The molecule has 1 aliphatic heterocycles. The fourth-order valence-electron chi connectivity index (χ4n) is 2.43. The number of carbonyl (C=O) groups is 2. The first kappa shape index (κ1) is 15.0. The SMILES string of the molecule is CCC[C@H](N)C(=O)N1CCCCC1CC(=O)OC. The minimum atomic E-state index is -0.437. The molecule has 0 saturated carbocycles. The van der Waals surface area contributed by atoms with Gasteiger partial charge >= 0.3 is 5.97 Å². The molecule has 5 nitrogen and oxygen atoms in total. The molecular formula is C13H24N2O3. The smallest absolute Gasteiger partial charge is 0.307 e. The van der Waals surface area contributed by atoms with Crippen molar-refractivity contribution in [1.82, 2.24) is 4.90 Å². The van der Waals surface area contributed by atoms with Crippen LogP contribution in [0.1, 0.15) is 45.4 Å². The number of esters is 1. The topological polar surface area (TPSA) is 72.6 Å². The van der Waals surface area contributed by atoms with Crippen molar-refractivity contribution in [2.24, 2.45) is 5.73 Å². The van der Waals surface area contributed by atoms with Gasteiger partial charge in [0.1, 0.15) is 0 Å². The summed E-state index contributed by atoms with van der Waals surface area (Å²) in [6, 6.07) is -0.477. The van der Waals surface area contributed by atoms with E-state index in [4.69, 9.17) is 5.73 Å². The Labute approximate surface area is 109 Å². The number of methoxy groups -OCH3 is 1. The molecule has 0 aromatic carbocycles. The van der Waals surface area contributed by atoms with E-state index in [9.17, 15) is 9.59 Å². The first-order valence-corrected chi connectivity index (χ1v) is 6.73. The number of ether oxygens (including phenoxy) is 1. The van der Waals surface area contributed by atoms with Gasteiger partial charge < -0.3 is 15.4 Å². The molecule has 0 spiro atoms. The molecule has 2 atom stereocenters. The van der Waals surface area contributed by atoms with Crippen LogP contribution >= 0.6 is 0 Å². The van der Waals surface area contributed by atoms with E-state index in [1.807, 2.05) is 6.92 Å². The summed E-state index contributed by atoms with van der Waals surface area (Å²) in [6.07, 6.45) is 4.76. The van der Waals surface area contributed by atoms with Gasteiger partial charge in [-0.2, -0.15) is 0 Å². The van der Waals surface area contributed by atoms with Gasteiger partial charge in [-0.3, -0.25) is 9.59 Å². The predicted octanol–water partition coefficient (Wildman–Crippen LogP) is 1.06. The van der Waals surface area contributed by atoms with Crippen LogP contribution in [-0.2, 0) is 14.3 Å². The third-order valence-electron chi connectivity index (χ3n) is 3.46. The number of piperidine rings is 1. The Hall–Kier alpha value is -1.10. The molecular weight excluding hydrogens is 232 g/mol. The molecule has 0 aromatic heterocycles. The van der Waals surface area contributed by atoms with Crippen molar-refractivity contribution in [3.63, 3.8) is 0 Å². The van der Waals surface area contributed by atoms with Crippen molar-refractivity contribution in [1.29, 1.82) is 0 Å². The molecule has 0 bridgehead atoms. The van der Waals surface area contributed by atoms with E-state index >= 15 is 0 Å². The summed E-state index contributed by atoms with van der Waals surface area (Å²) in [4.78, 5) is 25.3. The normalized spacial score (nSPS) is 21.5. The molecule has 0 aliphatic carbocycles. The number of carbonyl (C=O) groups excluding carboxylic acids is 2. The van der Waals surface area contributed by atoms with Gasteiger partial charge in [0, 0.05) is 12.6 Å². The summed E-state index contributed by atoms with van der Waals surface area (Å²) in [7, 11) is 1.38. The largest absolute Gasteiger partial charge is 0.469 e. The highest BCUT2D eigenvalue weighted by molar-refractivity contribution is 5.82. The maximum atomic E-state index is 12.2. The van der Waals surface area contributed by atoms with Crippen LogP contribution in [0.4, 0.5) is 0 Å². The molecule has 1 unspecified atom stereocenters. The Morgan fingerprint density at radius 1 is 1.44 bits per heavy atom. The maximum Gasteiger partial charge on any atom is 0.307 e. The van der Waals surface area contributed by atoms with Gasteiger partial charge in [0.25, 0.3) is 0 Å². The summed E-state index contributed by atoms with van der Waals surface area (Å²) in [5.74, 6) is -0.283. The van der Waals surface area contributed by atoms with E-state index in [0.717, 1.165) is 25.7 Å². The van der Waals surface area contributed by atoms with Crippen LogP contribution in [0, 0.1) is 0 Å². The maximum absolute atomic E-state index is 12.2. The van der Waals surface area contributed by atoms with Gasteiger partial charge in [-0.05, 0) is 25.7 Å². The number of hydrogen-bond acceptors (Lipinski definition) is 4. The minimum absolute atomic E-state index is 0.0227. The van der Waals surface area contributed by atoms with Crippen LogP contribution in [-0.4, -0.2) is 42.5 Å². The highest BCUT2D eigenvalue weighted by Gasteiger charge is 2.31. The number of amides is 1. The van der Waals surface area contributed by atoms with Crippen LogP contribution in [0.2, 0.25) is 0 Å². The Morgan fingerprint density at radius 2 is 2.17 bits per heavy atom. The van der Waals surface area contributed by atoms with Crippen molar-refractivity contribution in [3.05, 3.63) is 0 Å². The average Bonchev–Trinajstić information content (AvgIpc) is 2.38. The molecule has 1 saturated heterocycles. The zero-order chi connectivity index (χ0) is 13.5. The zero-order valence-corrected chi connectivity index (χ0v) is 11.4. The Balaban J connectivity index is 2.63. The summed E-state index contributed by atoms with van der Waals surface area (Å²) in [6.45, 7) is 2.72. The Kier molecular flexibility index (Phi) is 6.12. The fraction of sp³-hybridized carbons (Fsp3) is 0.846. The summed E-state index contributed by atoms with van der Waals surface area (Å²) >= 11 is 0. The van der Waals surface area contributed by atoms with E-state index in [1.54, 1.807) is 4.90 Å². The van der Waals surface area contributed by atoms with Crippen LogP contribution in [0.15, 0.2) is 0 Å². The summed E-state index contributed by atoms with van der Waals surface area (Å²) in [5, 5.41) is 0. The molecule has 18 heavy (non-hydrogen) atoms. The third-order valence-corrected chi connectivity index (χ3v) is 3.46. The van der Waals surface area contributed by atoms with Gasteiger partial charge in [-0.15, -0.1) is 0 Å². The number of nitrogens with zero attached hydrogens (tertiary/aromatic N) is 1. The molecule has 5 heteroatoms. The molecule has 0 aromatic rings. The van der Waals surface area contributed by atoms with Crippen LogP contribution in [0.5, 0.6) is 0 Å². The molecule has 2 N–H and O–H groups in total. The molecule has 0 radical (unpaired) electrons. The fourth-order valence-corrected chi connectivity index (χ4v) is 2.43. The van der Waals surface area contributed by atoms with E-state index < -0.39 is 6.04 Å². The highest BCUT2D eigenvalue weighted by atomic mass is 16.5. The monoisotopic (exact) mass is 256 g/mol. The van der Waals surface area contributed by atoms with E-state index in [-0.39, 0.29) is 24.3 Å². The number of hydrogen-bond donors (Lipinski definition) is 1. The van der Waals surface area contributed by atoms with Gasteiger partial charge in [-0.1, -0.05) is 13.3 Å². The van der Waals surface area contributed by atoms with Crippen molar-refractivity contribution in [2.45, 2.75) is 57.5 Å². The predicted molar refractivity (Wildman–Crippen MR) is 68.9 cm³/mol. The number of rotatable bonds is 5. The van der Waals surface area contributed by atoms with E-state index in [2.05, 4.69) is 4.74 Å². The molecule has 1 rings (SSSR count). The lowest BCUT2D eigenvalue weighted by atomic mass is 9.97. The van der Waals surface area contributed by atoms with Crippen molar-refractivity contribution < 1.29 is 14.3 Å². The third kappa shape index (κ3) is 3.98. The van der Waals surface area contributed by atoms with Crippen LogP contribution in [0.3, 0.4) is 0 Å². The standard InChI is InChI=1S/C13H24N2O3/c1-3-6-11(14)13(17)15-8-5-4-7-10(15)9-12(16)18-2/h10-11H,3-9,14H2,1-2H3/t10?,11-/m0/s1. The summed E-state index contributed by atoms with van der Waals surface area (Å²) in [5.41, 5.74) is 5.88. The van der Waals surface area contributed by atoms with Crippen molar-refractivity contribution in [3.8, 4) is 0 Å². The minimum Gasteiger partial charge on any atom is -0.469 e. The second-order valence-electron chi connectivity index (χ2n) is 4.86. The lowest BCUT2D eigenvalue weighted by Crippen LogP contribution is -2.51. The molecule has 1 amide bonds. The van der Waals surface area contributed by atoms with Crippen LogP contribution < -0.4 is 5.73 Å². The zero-order valence-electron chi connectivity index (χ0n) is 11.4. The van der Waals surface area contributed by atoms with Crippen molar-refractivity contribution >= 4 is 11.9 Å². The van der Waals surface area contributed by atoms with E-state index in [0.29, 0.717) is 13.0 Å². The summed E-state index contributed by atoms with van der Waals surface area (Å²) < 4.78 is 4.68. The second kappa shape index (κ2) is 7.36. The highest BCUT2D eigenvalue weighted by Crippen LogP contribution is 2.21. The molecule has 104 valence electrons. The molecule has 1 heterocycles. The average molecular weight is 256 g/mol. The first-order chi connectivity index (χ1) is 8.60. The lowest BCUT2D eigenvalue weighted by molar-refractivity contribution is -0.145. The number of nitrogens with two attached hydrogens (primary N) is 1. The van der Waals surface area contributed by atoms with E-state index in [1.165, 1.54) is 7.11 Å². The van der Waals surface area contributed by atoms with Crippen molar-refractivity contribution in [2.75, 3.05) is 13.7 Å². The van der Waals surface area contributed by atoms with Gasteiger partial charge in [0.2, 0.25) is 5.91 Å². The Bertz CT molecular complexity index is 294. The Morgan fingerprint density at radius 3 is 2.78 bits per heavy atom. The van der Waals surface area contributed by atoms with Gasteiger partial charge in [0.15, 0.2) is 0 Å². The number of likely N-dealkylation sites (tertiary alicyclic amines) is 1. The van der Waals surface area contributed by atoms with Crippen LogP contribution in [0.25, 0.3) is 0 Å². The molecule has 1 fully saturated rings.